The van der Waals surface area contributed by atoms with Crippen molar-refractivity contribution in [1.82, 2.24) is 19.2 Å². The van der Waals surface area contributed by atoms with Gasteiger partial charge in [0.05, 0.1) is 18.0 Å². The molecular formula is C34H33FN4O2. The number of carbonyl (C=O) groups excluding carboxylic acids is 1. The zero-order valence-electron chi connectivity index (χ0n) is 23.4. The first-order valence-electron chi connectivity index (χ1n) is 14.1. The molecule has 1 amide bonds. The van der Waals surface area contributed by atoms with Crippen molar-refractivity contribution in [1.29, 1.82) is 0 Å². The van der Waals surface area contributed by atoms with E-state index in [0.29, 0.717) is 31.8 Å². The Hall–Kier alpha value is -4.49. The van der Waals surface area contributed by atoms with Gasteiger partial charge in [-0.2, -0.15) is 0 Å². The number of carbonyl (C=O) groups is 1. The van der Waals surface area contributed by atoms with E-state index in [-0.39, 0.29) is 11.7 Å². The summed E-state index contributed by atoms with van der Waals surface area (Å²) in [6, 6.07) is 26.6. The van der Waals surface area contributed by atoms with Gasteiger partial charge in [-0.15, -0.1) is 0 Å². The monoisotopic (exact) mass is 548 g/mol. The lowest BCUT2D eigenvalue weighted by molar-refractivity contribution is 0.0627. The molecule has 7 heteroatoms. The van der Waals surface area contributed by atoms with Gasteiger partial charge < -0.3 is 14.0 Å². The topological polar surface area (TPSA) is 50.1 Å². The minimum atomic E-state index is -0.339. The Morgan fingerprint density at radius 2 is 1.61 bits per heavy atom. The molecule has 0 aliphatic carbocycles. The van der Waals surface area contributed by atoms with Crippen LogP contribution in [0.25, 0.3) is 28.0 Å². The van der Waals surface area contributed by atoms with E-state index in [9.17, 15) is 9.18 Å². The Bertz CT molecular complexity index is 1670. The van der Waals surface area contributed by atoms with E-state index < -0.39 is 0 Å². The first-order valence-corrected chi connectivity index (χ1v) is 14.1. The van der Waals surface area contributed by atoms with E-state index in [1.54, 1.807) is 12.1 Å². The molecule has 0 atom stereocenters. The lowest BCUT2D eigenvalue weighted by atomic mass is 10.1. The maximum absolute atomic E-state index is 13.3. The number of benzene rings is 3. The Morgan fingerprint density at radius 1 is 0.878 bits per heavy atom. The summed E-state index contributed by atoms with van der Waals surface area (Å²) in [5, 5.41) is 0. The van der Waals surface area contributed by atoms with Crippen molar-refractivity contribution in [2.24, 2.45) is 0 Å². The highest BCUT2D eigenvalue weighted by Crippen LogP contribution is 2.30. The van der Waals surface area contributed by atoms with Gasteiger partial charge in [-0.05, 0) is 73.5 Å². The largest absolute Gasteiger partial charge is 0.494 e. The summed E-state index contributed by atoms with van der Waals surface area (Å²) in [7, 11) is 0. The van der Waals surface area contributed by atoms with Crippen LogP contribution in [0.2, 0.25) is 0 Å². The molecule has 41 heavy (non-hydrogen) atoms. The fraction of sp³-hybridized carbons (Fsp3) is 0.235. The van der Waals surface area contributed by atoms with E-state index in [1.807, 2.05) is 24.0 Å². The number of hydrogen-bond acceptors (Lipinski definition) is 4. The Labute approximate surface area is 239 Å². The normalized spacial score (nSPS) is 14.0. The average Bonchev–Trinajstić information content (AvgIpc) is 3.35. The van der Waals surface area contributed by atoms with Crippen LogP contribution in [0.1, 0.15) is 28.5 Å². The van der Waals surface area contributed by atoms with Gasteiger partial charge >= 0.3 is 0 Å². The molecule has 1 aliphatic rings. The van der Waals surface area contributed by atoms with Crippen molar-refractivity contribution in [2.75, 3.05) is 32.8 Å². The standard InChI is InChI=1S/C34H33FN4O2/c1-3-41-30-6-4-5-27(21-30)28-13-16-32-36-33(25-9-7-24(2)8-10-25)31(39(32)22-28)23-37-17-19-38(20-18-37)34(40)26-11-14-29(35)15-12-26/h4-16,21-22H,3,17-20,23H2,1-2H3. The fourth-order valence-corrected chi connectivity index (χ4v) is 5.39. The third-order valence-electron chi connectivity index (χ3n) is 7.64. The highest BCUT2D eigenvalue weighted by molar-refractivity contribution is 5.94. The van der Waals surface area contributed by atoms with E-state index in [4.69, 9.17) is 9.72 Å². The zero-order chi connectivity index (χ0) is 28.3. The van der Waals surface area contributed by atoms with E-state index in [2.05, 4.69) is 71.0 Å². The second-order valence-electron chi connectivity index (χ2n) is 10.5. The number of aryl methyl sites for hydroxylation is 1. The minimum Gasteiger partial charge on any atom is -0.494 e. The highest BCUT2D eigenvalue weighted by atomic mass is 19.1. The predicted octanol–water partition coefficient (Wildman–Crippen LogP) is 6.47. The van der Waals surface area contributed by atoms with Gasteiger partial charge in [0.1, 0.15) is 17.2 Å². The molecule has 0 unspecified atom stereocenters. The summed E-state index contributed by atoms with van der Waals surface area (Å²) < 4.78 is 21.3. The van der Waals surface area contributed by atoms with Gasteiger partial charge in [-0.1, -0.05) is 42.0 Å². The molecule has 6 nitrogen and oxygen atoms in total. The number of rotatable bonds is 7. The molecule has 3 aromatic carbocycles. The van der Waals surface area contributed by atoms with Crippen LogP contribution in [0.5, 0.6) is 5.75 Å². The number of aromatic nitrogens is 2. The Kier molecular flexibility index (Phi) is 7.53. The molecule has 0 saturated carbocycles. The van der Waals surface area contributed by atoms with Crippen LogP contribution >= 0.6 is 0 Å². The molecule has 0 bridgehead atoms. The number of ether oxygens (including phenoxy) is 1. The van der Waals surface area contributed by atoms with Crippen molar-refractivity contribution < 1.29 is 13.9 Å². The lowest BCUT2D eigenvalue weighted by Crippen LogP contribution is -2.48. The van der Waals surface area contributed by atoms with Crippen molar-refractivity contribution in [2.45, 2.75) is 20.4 Å². The van der Waals surface area contributed by atoms with Gasteiger partial charge in [0, 0.05) is 50.0 Å². The summed E-state index contributed by atoms with van der Waals surface area (Å²) >= 11 is 0. The number of fused-ring (bicyclic) bond motifs is 1. The van der Waals surface area contributed by atoms with E-state index >= 15 is 0 Å². The van der Waals surface area contributed by atoms with Crippen LogP contribution in [-0.2, 0) is 6.54 Å². The number of hydrogen-bond donors (Lipinski definition) is 0. The number of amides is 1. The average molecular weight is 549 g/mol. The van der Waals surface area contributed by atoms with Crippen LogP contribution in [0, 0.1) is 12.7 Å². The minimum absolute atomic E-state index is 0.0567. The molecule has 1 fully saturated rings. The number of pyridine rings is 1. The van der Waals surface area contributed by atoms with Gasteiger partial charge in [0.25, 0.3) is 5.91 Å². The Balaban J connectivity index is 1.30. The van der Waals surface area contributed by atoms with Gasteiger partial charge in [-0.25, -0.2) is 9.37 Å². The number of halogens is 1. The molecule has 0 N–H and O–H groups in total. The van der Waals surface area contributed by atoms with Gasteiger partial charge in [0.2, 0.25) is 0 Å². The van der Waals surface area contributed by atoms with Crippen molar-refractivity contribution in [3.05, 3.63) is 114 Å². The maximum Gasteiger partial charge on any atom is 0.253 e. The number of imidazole rings is 1. The van der Waals surface area contributed by atoms with Crippen LogP contribution in [0.4, 0.5) is 4.39 Å². The third kappa shape index (κ3) is 5.72. The Morgan fingerprint density at radius 3 is 2.34 bits per heavy atom. The molecule has 5 aromatic rings. The molecule has 1 saturated heterocycles. The SMILES string of the molecule is CCOc1cccc(-c2ccc3nc(-c4ccc(C)cc4)c(CN4CCN(C(=O)c5ccc(F)cc5)CC4)n3c2)c1. The summed E-state index contributed by atoms with van der Waals surface area (Å²) in [6.07, 6.45) is 2.16. The van der Waals surface area contributed by atoms with Crippen molar-refractivity contribution >= 4 is 11.6 Å². The van der Waals surface area contributed by atoms with Crippen LogP contribution in [0.15, 0.2) is 91.1 Å². The fourth-order valence-electron chi connectivity index (χ4n) is 5.39. The second-order valence-corrected chi connectivity index (χ2v) is 10.5. The predicted molar refractivity (Wildman–Crippen MR) is 160 cm³/mol. The van der Waals surface area contributed by atoms with E-state index in [0.717, 1.165) is 52.6 Å². The van der Waals surface area contributed by atoms with Gasteiger partial charge in [0.15, 0.2) is 0 Å². The first-order chi connectivity index (χ1) is 20.0. The molecule has 6 rings (SSSR count). The molecule has 1 aliphatic heterocycles. The quantitative estimate of drug-likeness (QED) is 0.234. The molecule has 3 heterocycles. The molecule has 2 aromatic heterocycles. The van der Waals surface area contributed by atoms with Gasteiger partial charge in [-0.3, -0.25) is 9.69 Å². The van der Waals surface area contributed by atoms with Crippen LogP contribution in [0.3, 0.4) is 0 Å². The molecule has 0 spiro atoms. The molecule has 0 radical (unpaired) electrons. The second kappa shape index (κ2) is 11.6. The summed E-state index contributed by atoms with van der Waals surface area (Å²) in [6.45, 7) is 8.10. The van der Waals surface area contributed by atoms with Crippen molar-refractivity contribution in [3.8, 4) is 28.1 Å². The summed E-state index contributed by atoms with van der Waals surface area (Å²) in [4.78, 5) is 22.3. The number of piperazine rings is 1. The summed E-state index contributed by atoms with van der Waals surface area (Å²) in [5.74, 6) is 0.456. The lowest BCUT2D eigenvalue weighted by Gasteiger charge is -2.34. The van der Waals surface area contributed by atoms with Crippen LogP contribution in [-0.4, -0.2) is 57.9 Å². The molecular weight excluding hydrogens is 515 g/mol. The zero-order valence-corrected chi connectivity index (χ0v) is 23.4. The first kappa shape index (κ1) is 26.7. The van der Waals surface area contributed by atoms with E-state index in [1.165, 1.54) is 17.7 Å². The van der Waals surface area contributed by atoms with Crippen molar-refractivity contribution in [3.63, 3.8) is 0 Å². The number of nitrogens with zero attached hydrogens (tertiary/aromatic N) is 4. The highest BCUT2D eigenvalue weighted by Gasteiger charge is 2.24. The smallest absolute Gasteiger partial charge is 0.253 e. The van der Waals surface area contributed by atoms with Crippen LogP contribution < -0.4 is 4.74 Å². The maximum atomic E-state index is 13.3. The third-order valence-corrected chi connectivity index (χ3v) is 7.64. The molecule has 208 valence electrons. The summed E-state index contributed by atoms with van der Waals surface area (Å²) in [5.41, 5.74) is 7.96.